The van der Waals surface area contributed by atoms with Gasteiger partial charge in [0.15, 0.2) is 5.82 Å². The highest BCUT2D eigenvalue weighted by molar-refractivity contribution is 9.10. The second kappa shape index (κ2) is 4.20. The van der Waals surface area contributed by atoms with Gasteiger partial charge >= 0.3 is 5.69 Å². The monoisotopic (exact) mass is 320 g/mol. The Morgan fingerprint density at radius 1 is 1.26 bits per heavy atom. The van der Waals surface area contributed by atoms with E-state index in [1.807, 2.05) is 18.2 Å². The molecule has 0 aliphatic carbocycles. The Morgan fingerprint density at radius 2 is 2.05 bits per heavy atom. The van der Waals surface area contributed by atoms with Crippen molar-refractivity contribution in [2.45, 2.75) is 0 Å². The molecule has 0 amide bonds. The molecule has 0 aliphatic heterocycles. The van der Waals surface area contributed by atoms with Gasteiger partial charge in [0, 0.05) is 29.2 Å². The molecule has 0 bridgehead atoms. The van der Waals surface area contributed by atoms with Crippen LogP contribution in [0.5, 0.6) is 0 Å². The van der Waals surface area contributed by atoms with Crippen LogP contribution < -0.4 is 11.2 Å². The van der Waals surface area contributed by atoms with Gasteiger partial charge in [-0.2, -0.15) is 5.10 Å². The van der Waals surface area contributed by atoms with Crippen molar-refractivity contribution in [2.75, 3.05) is 0 Å². The second-order valence-electron chi connectivity index (χ2n) is 4.06. The fourth-order valence-electron chi connectivity index (χ4n) is 2.03. The van der Waals surface area contributed by atoms with Gasteiger partial charge < -0.3 is 0 Å². The zero-order chi connectivity index (χ0) is 13.6. The van der Waals surface area contributed by atoms with Crippen LogP contribution in [0.2, 0.25) is 0 Å². The van der Waals surface area contributed by atoms with Crippen molar-refractivity contribution in [3.05, 3.63) is 55.8 Å². The van der Waals surface area contributed by atoms with Crippen LogP contribution in [0, 0.1) is 0 Å². The quantitative estimate of drug-likeness (QED) is 0.731. The largest absolute Gasteiger partial charge is 0.334 e. The molecule has 3 aromatic rings. The molecule has 1 aromatic carbocycles. The number of H-pyrrole nitrogens is 1. The van der Waals surface area contributed by atoms with Crippen molar-refractivity contribution < 1.29 is 0 Å². The molecule has 0 saturated carbocycles. The Hall–Kier alpha value is -2.15. The first-order chi connectivity index (χ1) is 9.08. The minimum absolute atomic E-state index is 0.428. The van der Waals surface area contributed by atoms with Crippen LogP contribution in [-0.2, 0) is 7.05 Å². The molecule has 0 fully saturated rings. The number of benzene rings is 1. The molecule has 0 unspecified atom stereocenters. The molecule has 0 saturated heterocycles. The van der Waals surface area contributed by atoms with E-state index in [-0.39, 0.29) is 0 Å². The molecular formula is C12H9BrN4O2. The summed E-state index contributed by atoms with van der Waals surface area (Å²) in [5.74, 6) is 0.486. The number of halogens is 1. The Labute approximate surface area is 115 Å². The molecule has 96 valence electrons. The molecule has 6 nitrogen and oxygen atoms in total. The van der Waals surface area contributed by atoms with Crippen LogP contribution in [0.15, 0.2) is 44.5 Å². The number of hydrogen-bond acceptors (Lipinski definition) is 3. The number of aromatic amines is 1. The zero-order valence-electron chi connectivity index (χ0n) is 9.92. The van der Waals surface area contributed by atoms with Crippen molar-refractivity contribution >= 4 is 26.8 Å². The first kappa shape index (κ1) is 11.9. The van der Waals surface area contributed by atoms with E-state index in [9.17, 15) is 9.59 Å². The normalized spacial score (nSPS) is 11.1. The molecule has 2 aromatic heterocycles. The van der Waals surface area contributed by atoms with E-state index in [1.54, 1.807) is 11.7 Å². The van der Waals surface area contributed by atoms with Gasteiger partial charge in [0.1, 0.15) is 0 Å². The molecule has 1 N–H and O–H groups in total. The summed E-state index contributed by atoms with van der Waals surface area (Å²) in [5.41, 5.74) is -0.0502. The van der Waals surface area contributed by atoms with E-state index < -0.39 is 11.2 Å². The number of rotatable bonds is 1. The maximum absolute atomic E-state index is 11.8. The maximum Gasteiger partial charge on any atom is 0.334 e. The molecule has 3 rings (SSSR count). The molecular weight excluding hydrogens is 312 g/mol. The maximum atomic E-state index is 11.8. The van der Waals surface area contributed by atoms with E-state index in [0.29, 0.717) is 5.82 Å². The lowest BCUT2D eigenvalue weighted by atomic mass is 10.2. The van der Waals surface area contributed by atoms with Crippen LogP contribution in [0.4, 0.5) is 0 Å². The first-order valence-corrected chi connectivity index (χ1v) is 6.31. The van der Waals surface area contributed by atoms with Gasteiger partial charge in [-0.1, -0.05) is 6.07 Å². The molecule has 0 aliphatic rings. The van der Waals surface area contributed by atoms with Crippen molar-refractivity contribution in [3.63, 3.8) is 0 Å². The number of fused-ring (bicyclic) bond motifs is 1. The number of nitrogens with zero attached hydrogens (tertiary/aromatic N) is 3. The number of nitrogens with one attached hydrogen (secondary N) is 1. The van der Waals surface area contributed by atoms with Gasteiger partial charge in [-0.3, -0.25) is 19.0 Å². The lowest BCUT2D eigenvalue weighted by Gasteiger charge is -2.00. The van der Waals surface area contributed by atoms with E-state index in [2.05, 4.69) is 26.0 Å². The third-order valence-electron chi connectivity index (χ3n) is 2.85. The van der Waals surface area contributed by atoms with E-state index in [4.69, 9.17) is 0 Å². The molecule has 2 heterocycles. The highest BCUT2D eigenvalue weighted by Gasteiger charge is 2.13. The minimum atomic E-state index is -0.507. The van der Waals surface area contributed by atoms with Gasteiger partial charge in [-0.15, -0.1) is 0 Å². The van der Waals surface area contributed by atoms with Gasteiger partial charge in [-0.25, -0.2) is 4.79 Å². The van der Waals surface area contributed by atoms with Crippen LogP contribution in [0.25, 0.3) is 16.7 Å². The van der Waals surface area contributed by atoms with E-state index in [1.165, 1.54) is 16.8 Å². The summed E-state index contributed by atoms with van der Waals surface area (Å²) in [5, 5.41) is 5.16. The van der Waals surface area contributed by atoms with E-state index >= 15 is 0 Å². The average Bonchev–Trinajstić information content (AvgIpc) is 2.68. The lowest BCUT2D eigenvalue weighted by Crippen LogP contribution is -2.27. The molecule has 0 spiro atoms. The Morgan fingerprint density at radius 3 is 2.79 bits per heavy atom. The van der Waals surface area contributed by atoms with Crippen molar-refractivity contribution in [2.24, 2.45) is 7.05 Å². The van der Waals surface area contributed by atoms with Crippen molar-refractivity contribution in [1.82, 2.24) is 19.3 Å². The molecule has 19 heavy (non-hydrogen) atoms. The number of aryl methyl sites for hydroxylation is 1. The molecule has 7 heteroatoms. The average molecular weight is 321 g/mol. The smallest absolute Gasteiger partial charge is 0.274 e. The highest BCUT2D eigenvalue weighted by Crippen LogP contribution is 2.26. The molecule has 0 atom stereocenters. The van der Waals surface area contributed by atoms with Crippen molar-refractivity contribution in [1.29, 1.82) is 0 Å². The molecule has 0 radical (unpaired) electrons. The van der Waals surface area contributed by atoms with Crippen molar-refractivity contribution in [3.8, 4) is 5.82 Å². The zero-order valence-corrected chi connectivity index (χ0v) is 11.5. The predicted molar refractivity (Wildman–Crippen MR) is 74.6 cm³/mol. The fourth-order valence-corrected chi connectivity index (χ4v) is 2.66. The van der Waals surface area contributed by atoms with Crippen LogP contribution in [0.3, 0.4) is 0 Å². The standard InChI is InChI=1S/C12H9BrN4O2/c1-16-10-7(3-2-4-8(10)13)11(15-16)17-6-5-9(18)14-12(17)19/h2-6H,1H3,(H,14,18,19). The summed E-state index contributed by atoms with van der Waals surface area (Å²) in [6, 6.07) is 6.94. The predicted octanol–water partition coefficient (Wildman–Crippen LogP) is 1.17. The second-order valence-corrected chi connectivity index (χ2v) is 4.92. The first-order valence-electron chi connectivity index (χ1n) is 5.51. The summed E-state index contributed by atoms with van der Waals surface area (Å²) < 4.78 is 3.89. The fraction of sp³-hybridized carbons (Fsp3) is 0.0833. The summed E-state index contributed by atoms with van der Waals surface area (Å²) in [7, 11) is 1.80. The number of aromatic nitrogens is 4. The van der Waals surface area contributed by atoms with Gasteiger partial charge in [0.05, 0.1) is 5.52 Å². The minimum Gasteiger partial charge on any atom is -0.274 e. The summed E-state index contributed by atoms with van der Waals surface area (Å²) in [6.45, 7) is 0. The Bertz CT molecular complexity index is 891. The Balaban J connectivity index is 2.41. The van der Waals surface area contributed by atoms with Gasteiger partial charge in [-0.05, 0) is 28.1 Å². The van der Waals surface area contributed by atoms with E-state index in [0.717, 1.165) is 15.4 Å². The highest BCUT2D eigenvalue weighted by atomic mass is 79.9. The summed E-state index contributed by atoms with van der Waals surface area (Å²) in [4.78, 5) is 25.1. The van der Waals surface area contributed by atoms with Gasteiger partial charge in [0.2, 0.25) is 0 Å². The third-order valence-corrected chi connectivity index (χ3v) is 3.49. The van der Waals surface area contributed by atoms with Gasteiger partial charge in [0.25, 0.3) is 5.56 Å². The van der Waals surface area contributed by atoms with Crippen LogP contribution in [-0.4, -0.2) is 19.3 Å². The Kier molecular flexibility index (Phi) is 2.63. The lowest BCUT2D eigenvalue weighted by molar-refractivity contribution is 0.758. The number of hydrogen-bond donors (Lipinski definition) is 1. The summed E-state index contributed by atoms with van der Waals surface area (Å²) >= 11 is 3.46. The van der Waals surface area contributed by atoms with Crippen LogP contribution >= 0.6 is 15.9 Å². The van der Waals surface area contributed by atoms with Crippen LogP contribution in [0.1, 0.15) is 0 Å². The summed E-state index contributed by atoms with van der Waals surface area (Å²) in [6.07, 6.45) is 1.42. The SMILES string of the molecule is Cn1nc(-n2ccc(=O)[nH]c2=O)c2cccc(Br)c21. The third kappa shape index (κ3) is 1.82. The number of para-hydroxylation sites is 1. The topological polar surface area (TPSA) is 72.7 Å².